The molecule has 0 spiro atoms. The third-order valence-corrected chi connectivity index (χ3v) is 2.74. The maximum Gasteiger partial charge on any atom is 0.247 e. The van der Waals surface area contributed by atoms with Crippen molar-refractivity contribution in [3.63, 3.8) is 0 Å². The van der Waals surface area contributed by atoms with Gasteiger partial charge in [-0.3, -0.25) is 4.79 Å². The van der Waals surface area contributed by atoms with E-state index in [1.54, 1.807) is 0 Å². The van der Waals surface area contributed by atoms with E-state index in [1.807, 2.05) is 0 Å². The molecule has 16 heavy (non-hydrogen) atoms. The number of hydrogen-bond donors (Lipinski definition) is 1. The molecule has 0 radical (unpaired) electrons. The summed E-state index contributed by atoms with van der Waals surface area (Å²) in [5.74, 6) is -0.127. The lowest BCUT2D eigenvalue weighted by Gasteiger charge is -2.37. The molecule has 1 rings (SSSR count). The molecular formula is C11H21ClN2O2. The van der Waals surface area contributed by atoms with Gasteiger partial charge in [-0.2, -0.15) is 0 Å². The van der Waals surface area contributed by atoms with Crippen LogP contribution < -0.4 is 17.7 Å². The van der Waals surface area contributed by atoms with Crippen LogP contribution in [0.15, 0.2) is 12.7 Å². The van der Waals surface area contributed by atoms with Gasteiger partial charge >= 0.3 is 0 Å². The van der Waals surface area contributed by atoms with Gasteiger partial charge in [-0.1, -0.05) is 13.5 Å². The monoisotopic (exact) mass is 248 g/mol. The maximum absolute atomic E-state index is 11.3. The van der Waals surface area contributed by atoms with Crippen LogP contribution in [-0.4, -0.2) is 49.9 Å². The first-order chi connectivity index (χ1) is 7.01. The van der Waals surface area contributed by atoms with Gasteiger partial charge in [0, 0.05) is 0 Å². The molecule has 5 heteroatoms. The fraction of sp³-hybridized carbons (Fsp3) is 0.727. The van der Waals surface area contributed by atoms with E-state index < -0.39 is 0 Å². The number of amides is 1. The Kier molecular flexibility index (Phi) is 6.00. The second-order valence-electron chi connectivity index (χ2n) is 4.53. The molecule has 1 aliphatic rings. The molecule has 0 saturated carbocycles. The van der Waals surface area contributed by atoms with E-state index in [4.69, 9.17) is 4.74 Å². The Morgan fingerprint density at radius 3 is 2.62 bits per heavy atom. The first-order valence-electron chi connectivity index (χ1n) is 5.38. The molecule has 94 valence electrons. The molecule has 0 aliphatic carbocycles. The van der Waals surface area contributed by atoms with Gasteiger partial charge in [0.1, 0.15) is 0 Å². The van der Waals surface area contributed by atoms with Crippen LogP contribution >= 0.6 is 0 Å². The zero-order valence-electron chi connectivity index (χ0n) is 10.2. The van der Waals surface area contributed by atoms with E-state index in [1.165, 1.54) is 6.08 Å². The zero-order valence-corrected chi connectivity index (χ0v) is 11.0. The number of rotatable bonds is 6. The number of likely N-dealkylation sites (N-methyl/N-ethyl adjacent to an activating group) is 1. The van der Waals surface area contributed by atoms with Crippen LogP contribution in [0.4, 0.5) is 0 Å². The summed E-state index contributed by atoms with van der Waals surface area (Å²) in [7, 11) is 4.22. The Balaban J connectivity index is 0.00000225. The van der Waals surface area contributed by atoms with Crippen molar-refractivity contribution < 1.29 is 26.4 Å². The lowest BCUT2D eigenvalue weighted by Crippen LogP contribution is -3.00. The van der Waals surface area contributed by atoms with Crippen molar-refractivity contribution in [1.82, 2.24) is 5.32 Å². The Bertz CT molecular complexity index is 252. The molecule has 0 bridgehead atoms. The topological polar surface area (TPSA) is 41.6 Å². The fourth-order valence-electron chi connectivity index (χ4n) is 1.88. The smallest absolute Gasteiger partial charge is 0.247 e. The predicted molar refractivity (Wildman–Crippen MR) is 59.1 cm³/mol. The predicted octanol–water partition coefficient (Wildman–Crippen LogP) is -2.50. The SMILES string of the molecule is C=CC(=O)NC(C1CO1)[N+](C)(C)CCC.[Cl-]. The van der Waals surface area contributed by atoms with Crippen molar-refractivity contribution in [2.24, 2.45) is 0 Å². The van der Waals surface area contributed by atoms with Crippen LogP contribution in [0.25, 0.3) is 0 Å². The quantitative estimate of drug-likeness (QED) is 0.245. The number of hydrogen-bond acceptors (Lipinski definition) is 2. The van der Waals surface area contributed by atoms with Gasteiger partial charge < -0.3 is 26.9 Å². The molecule has 1 N–H and O–H groups in total. The normalized spacial score (nSPS) is 20.6. The lowest BCUT2D eigenvalue weighted by molar-refractivity contribution is -0.918. The van der Waals surface area contributed by atoms with Crippen molar-refractivity contribution in [2.45, 2.75) is 25.6 Å². The molecule has 0 aromatic rings. The molecule has 0 aromatic heterocycles. The van der Waals surface area contributed by atoms with Gasteiger partial charge in [-0.25, -0.2) is 0 Å². The van der Waals surface area contributed by atoms with Gasteiger partial charge in [0.15, 0.2) is 12.3 Å². The van der Waals surface area contributed by atoms with E-state index in [0.29, 0.717) is 0 Å². The second-order valence-corrected chi connectivity index (χ2v) is 4.53. The van der Waals surface area contributed by atoms with Gasteiger partial charge in [-0.05, 0) is 12.5 Å². The number of quaternary nitrogens is 1. The molecule has 1 heterocycles. The van der Waals surface area contributed by atoms with Gasteiger partial charge in [0.25, 0.3) is 0 Å². The van der Waals surface area contributed by atoms with Crippen LogP contribution in [0.2, 0.25) is 0 Å². The minimum absolute atomic E-state index is 0. The molecule has 1 fully saturated rings. The third kappa shape index (κ3) is 4.12. The summed E-state index contributed by atoms with van der Waals surface area (Å²) in [6.45, 7) is 7.36. The number of nitrogens with one attached hydrogen (secondary N) is 1. The van der Waals surface area contributed by atoms with Crippen molar-refractivity contribution in [1.29, 1.82) is 0 Å². The molecular weight excluding hydrogens is 228 g/mol. The van der Waals surface area contributed by atoms with Crippen LogP contribution in [0, 0.1) is 0 Å². The number of halogens is 1. The molecule has 2 atom stereocenters. The molecule has 2 unspecified atom stereocenters. The van der Waals surface area contributed by atoms with E-state index in [0.717, 1.165) is 24.1 Å². The number of carbonyl (C=O) groups is 1. The van der Waals surface area contributed by atoms with Gasteiger partial charge in [-0.15, -0.1) is 0 Å². The highest BCUT2D eigenvalue weighted by atomic mass is 35.5. The third-order valence-electron chi connectivity index (χ3n) is 2.74. The first kappa shape index (κ1) is 15.4. The number of nitrogens with zero attached hydrogens (tertiary/aromatic N) is 1. The molecule has 4 nitrogen and oxygen atoms in total. The molecule has 1 aliphatic heterocycles. The first-order valence-corrected chi connectivity index (χ1v) is 5.38. The average Bonchev–Trinajstić information content (AvgIpc) is 2.96. The standard InChI is InChI=1S/C11H20N2O2.ClH/c1-5-7-13(3,4)11(9-8-15-9)12-10(14)6-2;/h6,9,11H,2,5,7-8H2,1,3-4H3;1H. The zero-order chi connectivity index (χ0) is 11.5. The van der Waals surface area contributed by atoms with Crippen LogP contribution in [0.3, 0.4) is 0 Å². The van der Waals surface area contributed by atoms with Crippen LogP contribution in [0.1, 0.15) is 13.3 Å². The summed E-state index contributed by atoms with van der Waals surface area (Å²) >= 11 is 0. The van der Waals surface area contributed by atoms with E-state index in [2.05, 4.69) is 32.9 Å². The summed E-state index contributed by atoms with van der Waals surface area (Å²) < 4.78 is 6.03. The van der Waals surface area contributed by atoms with Crippen LogP contribution in [-0.2, 0) is 9.53 Å². The van der Waals surface area contributed by atoms with Gasteiger partial charge in [0.2, 0.25) is 5.91 Å². The second kappa shape index (κ2) is 6.23. The van der Waals surface area contributed by atoms with Crippen molar-refractivity contribution >= 4 is 5.91 Å². The molecule has 1 saturated heterocycles. The minimum atomic E-state index is -0.127. The number of epoxide rings is 1. The van der Waals surface area contributed by atoms with E-state index >= 15 is 0 Å². The Morgan fingerprint density at radius 2 is 2.25 bits per heavy atom. The Morgan fingerprint density at radius 1 is 1.69 bits per heavy atom. The van der Waals surface area contributed by atoms with Gasteiger partial charge in [0.05, 0.1) is 27.2 Å². The Labute approximate surface area is 104 Å². The maximum atomic E-state index is 11.3. The highest BCUT2D eigenvalue weighted by Gasteiger charge is 2.43. The highest BCUT2D eigenvalue weighted by Crippen LogP contribution is 2.21. The van der Waals surface area contributed by atoms with E-state index in [-0.39, 0.29) is 30.6 Å². The number of ether oxygens (including phenoxy) is 1. The lowest BCUT2D eigenvalue weighted by atomic mass is 10.2. The van der Waals surface area contributed by atoms with Crippen molar-refractivity contribution in [2.75, 3.05) is 27.2 Å². The minimum Gasteiger partial charge on any atom is -1.00 e. The molecule has 1 amide bonds. The Hall–Kier alpha value is -0.580. The summed E-state index contributed by atoms with van der Waals surface area (Å²) in [6.07, 6.45) is 2.59. The fourth-order valence-corrected chi connectivity index (χ4v) is 1.88. The summed E-state index contributed by atoms with van der Waals surface area (Å²) in [4.78, 5) is 11.3. The summed E-state index contributed by atoms with van der Waals surface area (Å²) in [5, 5.41) is 2.94. The largest absolute Gasteiger partial charge is 1.00 e. The highest BCUT2D eigenvalue weighted by molar-refractivity contribution is 5.87. The summed E-state index contributed by atoms with van der Waals surface area (Å²) in [5.41, 5.74) is 0. The summed E-state index contributed by atoms with van der Waals surface area (Å²) in [6, 6.07) is 0. The average molecular weight is 249 g/mol. The number of carbonyl (C=O) groups excluding carboxylic acids is 1. The van der Waals surface area contributed by atoms with Crippen molar-refractivity contribution in [3.05, 3.63) is 12.7 Å². The van der Waals surface area contributed by atoms with E-state index in [9.17, 15) is 4.79 Å². The van der Waals surface area contributed by atoms with Crippen molar-refractivity contribution in [3.8, 4) is 0 Å². The molecule has 0 aromatic carbocycles. The van der Waals surface area contributed by atoms with Crippen LogP contribution in [0.5, 0.6) is 0 Å².